The van der Waals surface area contributed by atoms with Gasteiger partial charge in [0.2, 0.25) is 11.8 Å². The van der Waals surface area contributed by atoms with Crippen LogP contribution in [0, 0.1) is 11.8 Å². The summed E-state index contributed by atoms with van der Waals surface area (Å²) in [5.74, 6) is 0.718. The van der Waals surface area contributed by atoms with Crippen molar-refractivity contribution in [1.82, 2.24) is 16.0 Å². The van der Waals surface area contributed by atoms with Crippen LogP contribution in [0.3, 0.4) is 0 Å². The van der Waals surface area contributed by atoms with Gasteiger partial charge in [-0.15, -0.1) is 0 Å². The molecule has 2 saturated carbocycles. The van der Waals surface area contributed by atoms with Gasteiger partial charge in [-0.25, -0.2) is 0 Å². The van der Waals surface area contributed by atoms with Gasteiger partial charge in [-0.1, -0.05) is 31.0 Å². The molecule has 2 amide bonds. The lowest BCUT2D eigenvalue weighted by molar-refractivity contribution is -0.126. The van der Waals surface area contributed by atoms with E-state index in [0.29, 0.717) is 6.54 Å². The fourth-order valence-corrected chi connectivity index (χ4v) is 4.80. The van der Waals surface area contributed by atoms with Crippen molar-refractivity contribution in [3.63, 3.8) is 0 Å². The Morgan fingerprint density at radius 3 is 2.37 bits per heavy atom. The summed E-state index contributed by atoms with van der Waals surface area (Å²) in [5, 5.41) is 9.69. The van der Waals surface area contributed by atoms with Gasteiger partial charge in [0, 0.05) is 37.5 Å². The predicted molar refractivity (Wildman–Crippen MR) is 105 cm³/mol. The Morgan fingerprint density at radius 1 is 0.889 bits per heavy atom. The Kier molecular flexibility index (Phi) is 5.77. The molecule has 1 aromatic carbocycles. The van der Waals surface area contributed by atoms with E-state index in [1.165, 1.54) is 29.5 Å². The molecule has 0 saturated heterocycles. The summed E-state index contributed by atoms with van der Waals surface area (Å²) < 4.78 is 0. The molecule has 5 nitrogen and oxygen atoms in total. The highest BCUT2D eigenvalue weighted by molar-refractivity contribution is 5.80. The number of fused-ring (bicyclic) bond motifs is 1. The Labute approximate surface area is 161 Å². The third-order valence-corrected chi connectivity index (χ3v) is 6.54. The molecule has 0 unspecified atom stereocenters. The highest BCUT2D eigenvalue weighted by Crippen LogP contribution is 2.28. The van der Waals surface area contributed by atoms with Gasteiger partial charge in [-0.3, -0.25) is 9.59 Å². The van der Waals surface area contributed by atoms with Gasteiger partial charge in [-0.05, 0) is 55.2 Å². The first-order chi connectivity index (χ1) is 13.2. The number of nitrogens with one attached hydrogen (secondary N) is 3. The van der Waals surface area contributed by atoms with Crippen molar-refractivity contribution in [3.8, 4) is 0 Å². The van der Waals surface area contributed by atoms with Gasteiger partial charge in [0.1, 0.15) is 0 Å². The molecule has 0 radical (unpaired) electrons. The monoisotopic (exact) mass is 369 g/mol. The molecular formula is C22H31N3O2. The summed E-state index contributed by atoms with van der Waals surface area (Å²) in [6.45, 7) is 2.47. The van der Waals surface area contributed by atoms with Crippen LogP contribution >= 0.6 is 0 Å². The molecule has 27 heavy (non-hydrogen) atoms. The molecule has 4 rings (SSSR count). The van der Waals surface area contributed by atoms with Crippen molar-refractivity contribution < 1.29 is 9.59 Å². The zero-order chi connectivity index (χ0) is 18.6. The maximum Gasteiger partial charge on any atom is 0.223 e. The van der Waals surface area contributed by atoms with Crippen LogP contribution in [0.15, 0.2) is 18.2 Å². The SMILES string of the molecule is O=C(NCc1ccc2c(c1)CNC2)C1CCC(NC(=O)C2CCCC2)CC1. The van der Waals surface area contributed by atoms with E-state index in [0.717, 1.165) is 51.6 Å². The average Bonchev–Trinajstić information content (AvgIpc) is 3.38. The van der Waals surface area contributed by atoms with E-state index in [1.54, 1.807) is 0 Å². The summed E-state index contributed by atoms with van der Waals surface area (Å²) in [7, 11) is 0. The number of hydrogen-bond donors (Lipinski definition) is 3. The van der Waals surface area contributed by atoms with E-state index in [-0.39, 0.29) is 29.7 Å². The van der Waals surface area contributed by atoms with Crippen molar-refractivity contribution >= 4 is 11.8 Å². The minimum absolute atomic E-state index is 0.0840. The molecule has 0 atom stereocenters. The van der Waals surface area contributed by atoms with Crippen molar-refractivity contribution in [2.75, 3.05) is 0 Å². The summed E-state index contributed by atoms with van der Waals surface area (Å²) in [4.78, 5) is 24.8. The Morgan fingerprint density at radius 2 is 1.59 bits per heavy atom. The van der Waals surface area contributed by atoms with Crippen LogP contribution in [0.4, 0.5) is 0 Å². The lowest BCUT2D eigenvalue weighted by Gasteiger charge is -2.29. The maximum absolute atomic E-state index is 12.5. The summed E-state index contributed by atoms with van der Waals surface area (Å²) in [5.41, 5.74) is 3.88. The van der Waals surface area contributed by atoms with Gasteiger partial charge < -0.3 is 16.0 Å². The Balaban J connectivity index is 1.20. The molecule has 0 bridgehead atoms. The zero-order valence-electron chi connectivity index (χ0n) is 16.1. The second kappa shape index (κ2) is 8.42. The lowest BCUT2D eigenvalue weighted by Crippen LogP contribution is -2.42. The second-order valence-corrected chi connectivity index (χ2v) is 8.46. The molecule has 0 aromatic heterocycles. The van der Waals surface area contributed by atoms with Crippen molar-refractivity contribution in [1.29, 1.82) is 0 Å². The predicted octanol–water partition coefficient (Wildman–Crippen LogP) is 2.77. The molecule has 1 heterocycles. The summed E-state index contributed by atoms with van der Waals surface area (Å²) >= 11 is 0. The van der Waals surface area contributed by atoms with E-state index >= 15 is 0 Å². The molecule has 0 spiro atoms. The minimum Gasteiger partial charge on any atom is -0.353 e. The Bertz CT molecular complexity index is 689. The normalized spacial score (nSPS) is 25.2. The van der Waals surface area contributed by atoms with Crippen molar-refractivity contribution in [2.24, 2.45) is 11.8 Å². The number of rotatable bonds is 5. The molecule has 2 aliphatic carbocycles. The van der Waals surface area contributed by atoms with E-state index < -0.39 is 0 Å². The lowest BCUT2D eigenvalue weighted by atomic mass is 9.85. The quantitative estimate of drug-likeness (QED) is 0.747. The van der Waals surface area contributed by atoms with Crippen LogP contribution in [0.1, 0.15) is 68.1 Å². The van der Waals surface area contributed by atoms with E-state index in [9.17, 15) is 9.59 Å². The van der Waals surface area contributed by atoms with Gasteiger partial charge in [-0.2, -0.15) is 0 Å². The van der Waals surface area contributed by atoms with Gasteiger partial charge in [0.05, 0.1) is 0 Å². The summed E-state index contributed by atoms with van der Waals surface area (Å²) in [6.07, 6.45) is 8.04. The van der Waals surface area contributed by atoms with Gasteiger partial charge >= 0.3 is 0 Å². The molecular weight excluding hydrogens is 338 g/mol. The standard InChI is InChI=1S/C22H31N3O2/c26-21(24-12-15-5-6-18-13-23-14-19(18)11-15)17-7-9-20(10-8-17)25-22(27)16-3-1-2-4-16/h5-6,11,16-17,20,23H,1-4,7-10,12-14H2,(H,24,26)(H,25,27). The van der Waals surface area contributed by atoms with Crippen molar-refractivity contribution in [2.45, 2.75) is 77.0 Å². The second-order valence-electron chi connectivity index (χ2n) is 8.46. The fraction of sp³-hybridized carbons (Fsp3) is 0.636. The van der Waals surface area contributed by atoms with Crippen LogP contribution in [0.25, 0.3) is 0 Å². The molecule has 146 valence electrons. The molecule has 1 aromatic rings. The third-order valence-electron chi connectivity index (χ3n) is 6.54. The first-order valence-electron chi connectivity index (χ1n) is 10.6. The average molecular weight is 370 g/mol. The first-order valence-corrected chi connectivity index (χ1v) is 10.6. The highest BCUT2D eigenvalue weighted by atomic mass is 16.2. The number of amides is 2. The minimum atomic E-state index is 0.0840. The molecule has 2 fully saturated rings. The maximum atomic E-state index is 12.5. The van der Waals surface area contributed by atoms with Crippen LogP contribution < -0.4 is 16.0 Å². The highest BCUT2D eigenvalue weighted by Gasteiger charge is 2.29. The summed E-state index contributed by atoms with van der Waals surface area (Å²) in [6, 6.07) is 6.73. The van der Waals surface area contributed by atoms with Crippen LogP contribution in [0.2, 0.25) is 0 Å². The van der Waals surface area contributed by atoms with Crippen LogP contribution in [-0.4, -0.2) is 17.9 Å². The van der Waals surface area contributed by atoms with Crippen molar-refractivity contribution in [3.05, 3.63) is 34.9 Å². The Hall–Kier alpha value is -1.88. The van der Waals surface area contributed by atoms with Crippen LogP contribution in [-0.2, 0) is 29.2 Å². The number of carbonyl (C=O) groups is 2. The van der Waals surface area contributed by atoms with Gasteiger partial charge in [0.25, 0.3) is 0 Å². The number of benzene rings is 1. The molecule has 5 heteroatoms. The van der Waals surface area contributed by atoms with Crippen LogP contribution in [0.5, 0.6) is 0 Å². The zero-order valence-corrected chi connectivity index (χ0v) is 16.1. The molecule has 3 N–H and O–H groups in total. The fourth-order valence-electron chi connectivity index (χ4n) is 4.80. The van der Waals surface area contributed by atoms with E-state index in [1.807, 2.05) is 0 Å². The van der Waals surface area contributed by atoms with Gasteiger partial charge in [0.15, 0.2) is 0 Å². The van der Waals surface area contributed by atoms with E-state index in [2.05, 4.69) is 34.1 Å². The van der Waals surface area contributed by atoms with E-state index in [4.69, 9.17) is 0 Å². The molecule has 1 aliphatic heterocycles. The topological polar surface area (TPSA) is 70.2 Å². The first kappa shape index (κ1) is 18.5. The molecule has 3 aliphatic rings. The smallest absolute Gasteiger partial charge is 0.223 e. The number of carbonyl (C=O) groups excluding carboxylic acids is 2. The third kappa shape index (κ3) is 4.52. The largest absolute Gasteiger partial charge is 0.353 e. The number of hydrogen-bond acceptors (Lipinski definition) is 3.